The summed E-state index contributed by atoms with van der Waals surface area (Å²) < 4.78 is 38.9. The fraction of sp³-hybridized carbons (Fsp3) is 0.375. The van der Waals surface area contributed by atoms with Crippen molar-refractivity contribution in [2.45, 2.75) is 43.7 Å². The van der Waals surface area contributed by atoms with E-state index in [4.69, 9.17) is 9.47 Å². The zero-order chi connectivity index (χ0) is 30.1. The zero-order valence-electron chi connectivity index (χ0n) is 24.4. The number of rotatable bonds is 12. The van der Waals surface area contributed by atoms with E-state index in [0.29, 0.717) is 56.0 Å². The average Bonchev–Trinajstić information content (AvgIpc) is 3.03. The van der Waals surface area contributed by atoms with Crippen molar-refractivity contribution in [3.8, 4) is 11.5 Å². The highest BCUT2D eigenvalue weighted by atomic mass is 32.2. The molecule has 1 heterocycles. The number of hydrogen-bond acceptors (Lipinski definition) is 6. The van der Waals surface area contributed by atoms with Crippen LogP contribution in [0.4, 0.5) is 0 Å². The van der Waals surface area contributed by atoms with E-state index in [1.54, 1.807) is 66.5 Å². The number of hydrogen-bond donors (Lipinski definition) is 0. The van der Waals surface area contributed by atoms with Crippen LogP contribution in [-0.2, 0) is 21.4 Å². The third-order valence-electron chi connectivity index (χ3n) is 7.53. The van der Waals surface area contributed by atoms with Gasteiger partial charge in [-0.05, 0) is 61.2 Å². The number of methoxy groups -OCH3 is 2. The van der Waals surface area contributed by atoms with Gasteiger partial charge in [-0.3, -0.25) is 9.59 Å². The van der Waals surface area contributed by atoms with E-state index in [-0.39, 0.29) is 35.8 Å². The summed E-state index contributed by atoms with van der Waals surface area (Å²) in [6, 6.07) is 22.7. The van der Waals surface area contributed by atoms with Gasteiger partial charge in [0.15, 0.2) is 0 Å². The lowest BCUT2D eigenvalue weighted by Gasteiger charge is -2.39. The van der Waals surface area contributed by atoms with Crippen LogP contribution in [0.3, 0.4) is 0 Å². The first-order valence-electron chi connectivity index (χ1n) is 14.2. The Morgan fingerprint density at radius 3 is 2.14 bits per heavy atom. The summed E-state index contributed by atoms with van der Waals surface area (Å²) >= 11 is 0. The molecule has 0 aliphatic carbocycles. The van der Waals surface area contributed by atoms with Gasteiger partial charge in [-0.25, -0.2) is 8.42 Å². The Hall–Kier alpha value is -3.89. The molecule has 0 N–H and O–H groups in total. The number of benzene rings is 3. The standard InChI is InChI=1S/C32H39N3O6S/c1-4-20-34(42(38,39)28-10-6-5-7-11-28)24-31(36)35(23-25-14-16-27(40-2)17-15-25)26-18-21-33(22-19-26)32(37)29-12-8-9-13-30(29)41-3/h5-17,26H,4,18-24H2,1-3H3. The Labute approximate surface area is 248 Å². The first-order valence-corrected chi connectivity index (χ1v) is 15.6. The van der Waals surface area contributed by atoms with Crippen molar-refractivity contribution in [3.05, 3.63) is 90.0 Å². The molecular weight excluding hydrogens is 554 g/mol. The van der Waals surface area contributed by atoms with E-state index < -0.39 is 10.0 Å². The van der Waals surface area contributed by atoms with E-state index in [1.807, 2.05) is 43.3 Å². The van der Waals surface area contributed by atoms with Crippen LogP contribution in [0.25, 0.3) is 0 Å². The van der Waals surface area contributed by atoms with Crippen molar-refractivity contribution in [1.82, 2.24) is 14.1 Å². The molecule has 3 aromatic carbocycles. The number of amides is 2. The van der Waals surface area contributed by atoms with Crippen LogP contribution in [0.15, 0.2) is 83.8 Å². The van der Waals surface area contributed by atoms with Gasteiger partial charge >= 0.3 is 0 Å². The van der Waals surface area contributed by atoms with Crippen molar-refractivity contribution in [2.75, 3.05) is 40.4 Å². The number of nitrogens with zero attached hydrogens (tertiary/aromatic N) is 3. The third kappa shape index (κ3) is 7.30. The molecule has 9 nitrogen and oxygen atoms in total. The molecule has 1 fully saturated rings. The summed E-state index contributed by atoms with van der Waals surface area (Å²) in [6.07, 6.45) is 1.71. The van der Waals surface area contributed by atoms with Crippen LogP contribution < -0.4 is 9.47 Å². The minimum atomic E-state index is -3.86. The molecule has 1 saturated heterocycles. The monoisotopic (exact) mass is 593 g/mol. The van der Waals surface area contributed by atoms with Gasteiger partial charge in [0.1, 0.15) is 11.5 Å². The molecule has 0 spiro atoms. The molecule has 0 bridgehead atoms. The maximum absolute atomic E-state index is 14.0. The lowest BCUT2D eigenvalue weighted by Crippen LogP contribution is -2.51. The Kier molecular flexibility index (Phi) is 10.6. The summed E-state index contributed by atoms with van der Waals surface area (Å²) in [7, 11) is -0.717. The molecule has 3 aromatic rings. The quantitative estimate of drug-likeness (QED) is 0.308. The van der Waals surface area contributed by atoms with Crippen molar-refractivity contribution in [3.63, 3.8) is 0 Å². The van der Waals surface area contributed by atoms with Gasteiger partial charge in [0, 0.05) is 32.2 Å². The largest absolute Gasteiger partial charge is 0.497 e. The highest BCUT2D eigenvalue weighted by Gasteiger charge is 2.33. The molecular formula is C32H39N3O6S. The minimum Gasteiger partial charge on any atom is -0.497 e. The number of ether oxygens (including phenoxy) is 2. The average molecular weight is 594 g/mol. The second-order valence-electron chi connectivity index (χ2n) is 10.2. The lowest BCUT2D eigenvalue weighted by atomic mass is 10.0. The predicted molar refractivity (Wildman–Crippen MR) is 161 cm³/mol. The number of sulfonamides is 1. The number of likely N-dealkylation sites (tertiary alicyclic amines) is 1. The molecule has 1 aliphatic heterocycles. The van der Waals surface area contributed by atoms with Crippen molar-refractivity contribution in [2.24, 2.45) is 0 Å². The molecule has 0 radical (unpaired) electrons. The lowest BCUT2D eigenvalue weighted by molar-refractivity contribution is -0.135. The second kappa shape index (κ2) is 14.3. The van der Waals surface area contributed by atoms with Gasteiger partial charge in [-0.15, -0.1) is 0 Å². The summed E-state index contributed by atoms with van der Waals surface area (Å²) in [6.45, 7) is 3.11. The number of carbonyl (C=O) groups is 2. The Balaban J connectivity index is 1.54. The SMILES string of the molecule is CCCN(CC(=O)N(Cc1ccc(OC)cc1)C1CCN(C(=O)c2ccccc2OC)CC1)S(=O)(=O)c1ccccc1. The topological polar surface area (TPSA) is 96.5 Å². The number of piperidine rings is 1. The van der Waals surface area contributed by atoms with Crippen molar-refractivity contribution in [1.29, 1.82) is 0 Å². The smallest absolute Gasteiger partial charge is 0.257 e. The van der Waals surface area contributed by atoms with E-state index in [1.165, 1.54) is 4.31 Å². The molecule has 0 unspecified atom stereocenters. The maximum atomic E-state index is 14.0. The summed E-state index contributed by atoms with van der Waals surface area (Å²) in [5.41, 5.74) is 1.41. The molecule has 10 heteroatoms. The molecule has 224 valence electrons. The third-order valence-corrected chi connectivity index (χ3v) is 9.39. The van der Waals surface area contributed by atoms with Crippen LogP contribution >= 0.6 is 0 Å². The molecule has 0 atom stereocenters. The zero-order valence-corrected chi connectivity index (χ0v) is 25.3. The van der Waals surface area contributed by atoms with Crippen LogP contribution in [0.1, 0.15) is 42.1 Å². The summed E-state index contributed by atoms with van der Waals surface area (Å²) in [5, 5.41) is 0. The van der Waals surface area contributed by atoms with Crippen LogP contribution in [0, 0.1) is 0 Å². The van der Waals surface area contributed by atoms with E-state index in [9.17, 15) is 18.0 Å². The summed E-state index contributed by atoms with van der Waals surface area (Å²) in [5.74, 6) is 0.856. The highest BCUT2D eigenvalue weighted by Crippen LogP contribution is 2.25. The summed E-state index contributed by atoms with van der Waals surface area (Å²) in [4.78, 5) is 31.0. The Morgan fingerprint density at radius 2 is 1.52 bits per heavy atom. The van der Waals surface area contributed by atoms with Gasteiger partial charge < -0.3 is 19.3 Å². The van der Waals surface area contributed by atoms with Gasteiger partial charge in [0.2, 0.25) is 15.9 Å². The number of para-hydroxylation sites is 1. The fourth-order valence-electron chi connectivity index (χ4n) is 5.24. The molecule has 0 saturated carbocycles. The minimum absolute atomic E-state index is 0.109. The second-order valence-corrected chi connectivity index (χ2v) is 12.2. The first kappa shape index (κ1) is 31.1. The van der Waals surface area contributed by atoms with Crippen LogP contribution in [0.5, 0.6) is 11.5 Å². The van der Waals surface area contributed by atoms with Gasteiger partial charge in [-0.1, -0.05) is 49.4 Å². The highest BCUT2D eigenvalue weighted by molar-refractivity contribution is 7.89. The maximum Gasteiger partial charge on any atom is 0.257 e. The Morgan fingerprint density at radius 1 is 0.881 bits per heavy atom. The first-order chi connectivity index (χ1) is 20.3. The van der Waals surface area contributed by atoms with Crippen LogP contribution in [0.2, 0.25) is 0 Å². The van der Waals surface area contributed by atoms with Crippen molar-refractivity contribution < 1.29 is 27.5 Å². The molecule has 1 aliphatic rings. The molecule has 42 heavy (non-hydrogen) atoms. The molecule has 2 amide bonds. The van der Waals surface area contributed by atoms with Crippen LogP contribution in [-0.4, -0.2) is 80.8 Å². The van der Waals surface area contributed by atoms with Gasteiger partial charge in [0.25, 0.3) is 5.91 Å². The normalized spacial score (nSPS) is 14.0. The van der Waals surface area contributed by atoms with E-state index in [0.717, 1.165) is 5.56 Å². The van der Waals surface area contributed by atoms with Gasteiger partial charge in [-0.2, -0.15) is 4.31 Å². The predicted octanol–water partition coefficient (Wildman–Crippen LogP) is 4.44. The van der Waals surface area contributed by atoms with E-state index in [2.05, 4.69) is 0 Å². The molecule has 0 aromatic heterocycles. The molecule has 4 rings (SSSR count). The number of carbonyl (C=O) groups excluding carboxylic acids is 2. The van der Waals surface area contributed by atoms with Crippen molar-refractivity contribution >= 4 is 21.8 Å². The van der Waals surface area contributed by atoms with E-state index >= 15 is 0 Å². The van der Waals surface area contributed by atoms with Gasteiger partial charge in [0.05, 0.1) is 31.2 Å². The fourth-order valence-corrected chi connectivity index (χ4v) is 6.74. The Bertz CT molecular complexity index is 1440.